The Kier molecular flexibility index (Phi) is 5.69. The number of carbonyl (C=O) groups is 1. The van der Waals surface area contributed by atoms with Gasteiger partial charge < -0.3 is 18.6 Å². The number of ether oxygens (including phenoxy) is 3. The van der Waals surface area contributed by atoms with E-state index in [0.717, 1.165) is 16.5 Å². The lowest BCUT2D eigenvalue weighted by Crippen LogP contribution is -2.10. The van der Waals surface area contributed by atoms with Gasteiger partial charge in [0, 0.05) is 11.5 Å². The van der Waals surface area contributed by atoms with Crippen LogP contribution in [0.25, 0.3) is 22.1 Å². The molecule has 0 bridgehead atoms. The largest absolute Gasteiger partial charge is 0.493 e. The van der Waals surface area contributed by atoms with Crippen molar-refractivity contribution in [3.8, 4) is 28.4 Å². The van der Waals surface area contributed by atoms with Crippen LogP contribution in [0, 0.1) is 13.8 Å². The molecule has 6 nitrogen and oxygen atoms in total. The minimum absolute atomic E-state index is 0.298. The van der Waals surface area contributed by atoms with Gasteiger partial charge in [-0.2, -0.15) is 0 Å². The highest BCUT2D eigenvalue weighted by atomic mass is 16.5. The second kappa shape index (κ2) is 8.59. The highest BCUT2D eigenvalue weighted by molar-refractivity contribution is 5.93. The van der Waals surface area contributed by atoms with E-state index >= 15 is 0 Å². The fraction of sp³-hybridized carbons (Fsp3) is 0.154. The quantitative estimate of drug-likeness (QED) is 0.243. The number of aryl methyl sites for hydroxylation is 2. The first-order valence-corrected chi connectivity index (χ1v) is 10.0. The van der Waals surface area contributed by atoms with Crippen LogP contribution in [-0.2, 0) is 0 Å². The lowest BCUT2D eigenvalue weighted by molar-refractivity contribution is 0.0734. The summed E-state index contributed by atoms with van der Waals surface area (Å²) in [5.74, 6) is 0.914. The Balaban J connectivity index is 1.74. The van der Waals surface area contributed by atoms with Crippen molar-refractivity contribution in [2.45, 2.75) is 13.8 Å². The molecule has 0 aliphatic rings. The summed E-state index contributed by atoms with van der Waals surface area (Å²) in [5, 5.41) is 0.741. The third kappa shape index (κ3) is 3.83. The molecule has 162 valence electrons. The molecule has 4 aromatic rings. The molecule has 0 saturated carbocycles. The van der Waals surface area contributed by atoms with Crippen LogP contribution in [0.2, 0.25) is 0 Å². The lowest BCUT2D eigenvalue weighted by atomic mass is 9.99. The van der Waals surface area contributed by atoms with Gasteiger partial charge in [-0.1, -0.05) is 24.3 Å². The van der Waals surface area contributed by atoms with E-state index in [0.29, 0.717) is 39.5 Å². The van der Waals surface area contributed by atoms with E-state index in [1.165, 1.54) is 7.11 Å². The summed E-state index contributed by atoms with van der Waals surface area (Å²) in [6.07, 6.45) is 0. The third-order valence-electron chi connectivity index (χ3n) is 5.39. The normalized spacial score (nSPS) is 10.8. The van der Waals surface area contributed by atoms with Crippen LogP contribution in [0.4, 0.5) is 0 Å². The van der Waals surface area contributed by atoms with Crippen molar-refractivity contribution in [2.75, 3.05) is 14.2 Å². The van der Waals surface area contributed by atoms with Crippen LogP contribution >= 0.6 is 0 Å². The van der Waals surface area contributed by atoms with E-state index < -0.39 is 11.6 Å². The number of rotatable bonds is 5. The first-order chi connectivity index (χ1) is 15.4. The second-order valence-electron chi connectivity index (χ2n) is 7.32. The standard InChI is InChI=1S/C26H22O6/c1-15-7-5-6-8-19(15)25(27)31-18-10-11-20-16(2)24(26(28)32-22(20)14-18)17-9-12-21(29-3)23(13-17)30-4/h5-14H,1-4H3. The Labute approximate surface area is 185 Å². The molecular formula is C26H22O6. The number of hydrogen-bond acceptors (Lipinski definition) is 6. The molecule has 3 aromatic carbocycles. The van der Waals surface area contributed by atoms with E-state index in [2.05, 4.69) is 0 Å². The first-order valence-electron chi connectivity index (χ1n) is 10.0. The van der Waals surface area contributed by atoms with Gasteiger partial charge in [-0.3, -0.25) is 0 Å². The Morgan fingerprint density at radius 3 is 2.34 bits per heavy atom. The fourth-order valence-electron chi connectivity index (χ4n) is 3.69. The summed E-state index contributed by atoms with van der Waals surface area (Å²) in [6.45, 7) is 3.69. The number of carbonyl (C=O) groups excluding carboxylic acids is 1. The van der Waals surface area contributed by atoms with Crippen molar-refractivity contribution in [3.63, 3.8) is 0 Å². The van der Waals surface area contributed by atoms with E-state index in [1.54, 1.807) is 55.6 Å². The molecule has 0 amide bonds. The van der Waals surface area contributed by atoms with E-state index in [9.17, 15) is 9.59 Å². The predicted molar refractivity (Wildman–Crippen MR) is 122 cm³/mol. The highest BCUT2D eigenvalue weighted by Crippen LogP contribution is 2.34. The summed E-state index contributed by atoms with van der Waals surface area (Å²) in [4.78, 5) is 25.4. The van der Waals surface area contributed by atoms with Gasteiger partial charge in [0.1, 0.15) is 11.3 Å². The van der Waals surface area contributed by atoms with Crippen molar-refractivity contribution < 1.29 is 23.4 Å². The second-order valence-corrected chi connectivity index (χ2v) is 7.32. The highest BCUT2D eigenvalue weighted by Gasteiger charge is 2.17. The number of esters is 1. The maximum absolute atomic E-state index is 12.9. The predicted octanol–water partition coefficient (Wildman–Crippen LogP) is 5.31. The summed E-state index contributed by atoms with van der Waals surface area (Å²) < 4.78 is 21.7. The summed E-state index contributed by atoms with van der Waals surface area (Å²) in [6, 6.07) is 17.5. The smallest absolute Gasteiger partial charge is 0.344 e. The van der Waals surface area contributed by atoms with Crippen LogP contribution < -0.4 is 19.8 Å². The van der Waals surface area contributed by atoms with Gasteiger partial charge in [-0.25, -0.2) is 9.59 Å². The summed E-state index contributed by atoms with van der Waals surface area (Å²) >= 11 is 0. The maximum Gasteiger partial charge on any atom is 0.344 e. The van der Waals surface area contributed by atoms with Crippen LogP contribution in [0.1, 0.15) is 21.5 Å². The molecular weight excluding hydrogens is 408 g/mol. The molecule has 0 aliphatic heterocycles. The van der Waals surface area contributed by atoms with Crippen LogP contribution in [0.5, 0.6) is 17.2 Å². The Morgan fingerprint density at radius 2 is 1.62 bits per heavy atom. The molecule has 0 atom stereocenters. The van der Waals surface area contributed by atoms with Crippen molar-refractivity contribution in [1.29, 1.82) is 0 Å². The van der Waals surface area contributed by atoms with Gasteiger partial charge >= 0.3 is 11.6 Å². The van der Waals surface area contributed by atoms with E-state index in [4.69, 9.17) is 18.6 Å². The Morgan fingerprint density at radius 1 is 0.875 bits per heavy atom. The number of fused-ring (bicyclic) bond motifs is 1. The molecule has 32 heavy (non-hydrogen) atoms. The van der Waals surface area contributed by atoms with Crippen molar-refractivity contribution in [2.24, 2.45) is 0 Å². The average molecular weight is 430 g/mol. The van der Waals surface area contributed by atoms with Crippen LogP contribution in [0.15, 0.2) is 69.9 Å². The molecule has 6 heteroatoms. The van der Waals surface area contributed by atoms with E-state index in [-0.39, 0.29) is 0 Å². The van der Waals surface area contributed by atoms with Crippen molar-refractivity contribution in [3.05, 3.63) is 87.8 Å². The number of benzene rings is 3. The zero-order valence-electron chi connectivity index (χ0n) is 18.2. The SMILES string of the molecule is COc1ccc(-c2c(C)c3ccc(OC(=O)c4ccccc4C)cc3oc2=O)cc1OC. The molecule has 4 rings (SSSR count). The van der Waals surface area contributed by atoms with Gasteiger partial charge in [-0.05, 0) is 60.9 Å². The molecule has 0 aliphatic carbocycles. The number of methoxy groups -OCH3 is 2. The Hall–Kier alpha value is -4.06. The summed E-state index contributed by atoms with van der Waals surface area (Å²) in [7, 11) is 3.09. The third-order valence-corrected chi connectivity index (χ3v) is 5.39. The lowest BCUT2D eigenvalue weighted by Gasteiger charge is -2.12. The van der Waals surface area contributed by atoms with Gasteiger partial charge in [0.2, 0.25) is 0 Å². The minimum atomic E-state index is -0.496. The van der Waals surface area contributed by atoms with Gasteiger partial charge in [-0.15, -0.1) is 0 Å². The molecule has 1 heterocycles. The molecule has 0 fully saturated rings. The van der Waals surface area contributed by atoms with Gasteiger partial charge in [0.25, 0.3) is 0 Å². The molecule has 0 radical (unpaired) electrons. The molecule has 0 unspecified atom stereocenters. The maximum atomic E-state index is 12.9. The minimum Gasteiger partial charge on any atom is -0.493 e. The van der Waals surface area contributed by atoms with Crippen LogP contribution in [0.3, 0.4) is 0 Å². The Bertz CT molecular complexity index is 1380. The molecule has 0 saturated heterocycles. The topological polar surface area (TPSA) is 75.0 Å². The molecule has 0 N–H and O–H groups in total. The summed E-state index contributed by atoms with van der Waals surface area (Å²) in [5.41, 5.74) is 2.99. The average Bonchev–Trinajstić information content (AvgIpc) is 2.79. The van der Waals surface area contributed by atoms with Gasteiger partial charge in [0.05, 0.1) is 25.3 Å². The monoisotopic (exact) mass is 430 g/mol. The van der Waals surface area contributed by atoms with Crippen molar-refractivity contribution >= 4 is 16.9 Å². The fourth-order valence-corrected chi connectivity index (χ4v) is 3.69. The van der Waals surface area contributed by atoms with E-state index in [1.807, 2.05) is 26.0 Å². The molecule has 0 spiro atoms. The zero-order chi connectivity index (χ0) is 22.8. The molecule has 1 aromatic heterocycles. The van der Waals surface area contributed by atoms with Gasteiger partial charge in [0.15, 0.2) is 11.5 Å². The van der Waals surface area contributed by atoms with Crippen LogP contribution in [-0.4, -0.2) is 20.2 Å². The first kappa shape index (κ1) is 21.2. The number of hydrogen-bond donors (Lipinski definition) is 0. The van der Waals surface area contributed by atoms with Crippen molar-refractivity contribution in [1.82, 2.24) is 0 Å². The zero-order valence-corrected chi connectivity index (χ0v) is 18.2.